The Kier molecular flexibility index (Phi) is 15.2. The molecule has 46 heavy (non-hydrogen) atoms. The van der Waals surface area contributed by atoms with Gasteiger partial charge in [0.1, 0.15) is 24.7 Å². The molecule has 3 rings (SSSR count). The molecule has 0 fully saturated rings. The molecule has 0 saturated heterocycles. The second kappa shape index (κ2) is 19.9. The fraction of sp³-hybridized carbons (Fsp3) is 0.263. The first-order chi connectivity index (χ1) is 22.4. The van der Waals surface area contributed by atoms with Crippen LogP contribution in [0.2, 0.25) is 0 Å². The Morgan fingerprint density at radius 1 is 0.674 bits per heavy atom. The monoisotopic (exact) mass is 622 g/mol. The van der Waals surface area contributed by atoms with Crippen LogP contribution in [0.1, 0.15) is 36.1 Å². The summed E-state index contributed by atoms with van der Waals surface area (Å²) in [5.41, 5.74) is 3.40. The number of allylic oxidation sites excluding steroid dienone is 2. The number of carboxylic acids is 2. The second-order valence-corrected chi connectivity index (χ2v) is 9.81. The van der Waals surface area contributed by atoms with E-state index in [0.717, 1.165) is 22.3 Å². The van der Waals surface area contributed by atoms with E-state index in [1.165, 1.54) is 0 Å². The lowest BCUT2D eigenvalue weighted by Crippen LogP contribution is -2.26. The molecule has 8 heteroatoms. The average Bonchev–Trinajstić information content (AvgIpc) is 3.05. The molecule has 0 spiro atoms. The molecule has 3 aromatic carbocycles. The highest BCUT2D eigenvalue weighted by atomic mass is 16.5. The summed E-state index contributed by atoms with van der Waals surface area (Å²) in [7, 11) is 0. The zero-order valence-electron chi connectivity index (χ0n) is 26.0. The number of rotatable bonds is 16. The van der Waals surface area contributed by atoms with Gasteiger partial charge in [-0.2, -0.15) is 0 Å². The van der Waals surface area contributed by atoms with Gasteiger partial charge in [-0.15, -0.1) is 0 Å². The van der Waals surface area contributed by atoms with Gasteiger partial charge in [0.2, 0.25) is 0 Å². The van der Waals surface area contributed by atoms with Crippen molar-refractivity contribution in [1.82, 2.24) is 0 Å². The van der Waals surface area contributed by atoms with Gasteiger partial charge < -0.3 is 29.2 Å². The van der Waals surface area contributed by atoms with Crippen LogP contribution in [0.15, 0.2) is 97.1 Å². The van der Waals surface area contributed by atoms with Gasteiger partial charge in [0.25, 0.3) is 0 Å². The number of hydrogen-bond donors (Lipinski definition) is 2. The van der Waals surface area contributed by atoms with Crippen molar-refractivity contribution in [3.8, 4) is 35.2 Å². The number of hydrogen-bond acceptors (Lipinski definition) is 6. The highest BCUT2D eigenvalue weighted by molar-refractivity contribution is 5.73. The van der Waals surface area contributed by atoms with E-state index in [1.54, 1.807) is 50.3 Å². The molecule has 3 aromatic rings. The molecule has 2 N–H and O–H groups in total. The average molecular weight is 623 g/mol. The zero-order valence-corrected chi connectivity index (χ0v) is 26.0. The molecular weight excluding hydrogens is 584 g/mol. The topological polar surface area (TPSA) is 112 Å². The minimum Gasteiger partial charge on any atom is -0.490 e. The molecular formula is C38H38O8. The van der Waals surface area contributed by atoms with Crippen LogP contribution in [0.3, 0.4) is 0 Å². The maximum atomic E-state index is 11.3. The molecule has 0 aliphatic rings. The summed E-state index contributed by atoms with van der Waals surface area (Å²) >= 11 is 0. The zero-order chi connectivity index (χ0) is 33.0. The minimum absolute atomic E-state index is 0.296. The van der Waals surface area contributed by atoms with E-state index in [9.17, 15) is 19.8 Å². The van der Waals surface area contributed by atoms with Gasteiger partial charge in [-0.3, -0.25) is 0 Å². The summed E-state index contributed by atoms with van der Waals surface area (Å²) in [6.45, 7) is 4.93. The predicted molar refractivity (Wildman–Crippen MR) is 176 cm³/mol. The largest absolute Gasteiger partial charge is 0.490 e. The number of carbonyl (C=O) groups is 2. The van der Waals surface area contributed by atoms with Crippen LogP contribution in [0.25, 0.3) is 0 Å². The van der Waals surface area contributed by atoms with E-state index in [0.29, 0.717) is 50.8 Å². The summed E-state index contributed by atoms with van der Waals surface area (Å²) in [5.74, 6) is 11.6. The second-order valence-electron chi connectivity index (χ2n) is 9.81. The van der Waals surface area contributed by atoms with Crippen molar-refractivity contribution in [1.29, 1.82) is 0 Å². The predicted octanol–water partition coefficient (Wildman–Crippen LogP) is 5.72. The van der Waals surface area contributed by atoms with Crippen LogP contribution in [-0.2, 0) is 31.9 Å². The number of ether oxygens (including phenoxy) is 4. The van der Waals surface area contributed by atoms with Crippen LogP contribution in [0.4, 0.5) is 0 Å². The quantitative estimate of drug-likeness (QED) is 0.195. The Labute approximate surface area is 270 Å². The van der Waals surface area contributed by atoms with Crippen LogP contribution in [0, 0.1) is 23.7 Å². The molecule has 238 valence electrons. The third-order valence-corrected chi connectivity index (χ3v) is 6.37. The third-order valence-electron chi connectivity index (χ3n) is 6.37. The fourth-order valence-electron chi connectivity index (χ4n) is 4.14. The van der Waals surface area contributed by atoms with E-state index in [-0.39, 0.29) is 0 Å². The smallest absolute Gasteiger partial charge is 0.333 e. The summed E-state index contributed by atoms with van der Waals surface area (Å²) in [6, 6.07) is 22.2. The van der Waals surface area contributed by atoms with Crippen LogP contribution >= 0.6 is 0 Å². The van der Waals surface area contributed by atoms with Crippen molar-refractivity contribution >= 4 is 11.9 Å². The van der Waals surface area contributed by atoms with Crippen molar-refractivity contribution in [3.05, 3.63) is 119 Å². The standard InChI is InChI=1S/C38H38O8/c1-3-43-35(37(39)40)27-31-16-20-33(21-17-31)45-24-9-5-7-12-29-14-11-15-30(26-29)13-8-6-10-25-46-34-22-18-32(19-23-34)28-36(38(41)42)44-4-2/h5-6,9-11,14-23,26,35-36H,3-4,24-25,27-28H2,1-2H3,(H,39,40)(H,41,42)/b9-5+,10-6+. The SMILES string of the molecule is CCOC(Cc1ccc(OC/C=C/C#Cc2cccc(C#C/C=C/COc3ccc(CC(OCC)C(=O)O)cc3)c2)cc1)C(=O)O. The van der Waals surface area contributed by atoms with Crippen molar-refractivity contribution in [2.75, 3.05) is 26.4 Å². The lowest BCUT2D eigenvalue weighted by molar-refractivity contribution is -0.150. The van der Waals surface area contributed by atoms with Gasteiger partial charge in [-0.1, -0.05) is 54.0 Å². The van der Waals surface area contributed by atoms with Crippen molar-refractivity contribution in [2.24, 2.45) is 0 Å². The van der Waals surface area contributed by atoms with Crippen LogP contribution in [0.5, 0.6) is 11.5 Å². The molecule has 0 saturated carbocycles. The first kappa shape index (κ1) is 35.2. The first-order valence-electron chi connectivity index (χ1n) is 14.9. The summed E-state index contributed by atoms with van der Waals surface area (Å²) in [6.07, 6.45) is 5.97. The highest BCUT2D eigenvalue weighted by Crippen LogP contribution is 2.16. The van der Waals surface area contributed by atoms with Crippen molar-refractivity contribution < 1.29 is 38.7 Å². The normalized spacial score (nSPS) is 12.0. The molecule has 2 unspecified atom stereocenters. The Morgan fingerprint density at radius 3 is 1.46 bits per heavy atom. The molecule has 0 aliphatic carbocycles. The summed E-state index contributed by atoms with van der Waals surface area (Å²) in [5, 5.41) is 18.5. The van der Waals surface area contributed by atoms with E-state index in [2.05, 4.69) is 23.7 Å². The van der Waals surface area contributed by atoms with Gasteiger partial charge in [0, 0.05) is 37.2 Å². The first-order valence-corrected chi connectivity index (χ1v) is 14.9. The third kappa shape index (κ3) is 13.2. The maximum absolute atomic E-state index is 11.3. The molecule has 0 amide bonds. The Morgan fingerprint density at radius 2 is 1.09 bits per heavy atom. The Balaban J connectivity index is 1.40. The molecule has 0 aliphatic heterocycles. The van der Waals surface area contributed by atoms with Gasteiger partial charge in [0.15, 0.2) is 12.2 Å². The number of carboxylic acid groups (broad SMARTS) is 2. The number of aliphatic carboxylic acids is 2. The molecule has 8 nitrogen and oxygen atoms in total. The summed E-state index contributed by atoms with van der Waals surface area (Å²) in [4.78, 5) is 22.5. The van der Waals surface area contributed by atoms with E-state index < -0.39 is 24.1 Å². The number of benzene rings is 3. The molecule has 2 atom stereocenters. The van der Waals surface area contributed by atoms with E-state index in [4.69, 9.17) is 18.9 Å². The van der Waals surface area contributed by atoms with E-state index in [1.807, 2.05) is 60.7 Å². The molecule has 0 aromatic heterocycles. The Hall–Kier alpha value is -5.28. The van der Waals surface area contributed by atoms with Crippen molar-refractivity contribution in [2.45, 2.75) is 38.9 Å². The summed E-state index contributed by atoms with van der Waals surface area (Å²) < 4.78 is 21.9. The molecule has 0 heterocycles. The van der Waals surface area contributed by atoms with Gasteiger partial charge >= 0.3 is 11.9 Å². The van der Waals surface area contributed by atoms with Gasteiger partial charge in [-0.05, 0) is 91.7 Å². The fourth-order valence-corrected chi connectivity index (χ4v) is 4.14. The maximum Gasteiger partial charge on any atom is 0.333 e. The highest BCUT2D eigenvalue weighted by Gasteiger charge is 2.18. The van der Waals surface area contributed by atoms with Gasteiger partial charge in [-0.25, -0.2) is 9.59 Å². The Bertz CT molecular complexity index is 1470. The van der Waals surface area contributed by atoms with Crippen molar-refractivity contribution in [3.63, 3.8) is 0 Å². The minimum atomic E-state index is -0.974. The van der Waals surface area contributed by atoms with Crippen LogP contribution < -0.4 is 9.47 Å². The lowest BCUT2D eigenvalue weighted by atomic mass is 10.1. The van der Waals surface area contributed by atoms with E-state index >= 15 is 0 Å². The van der Waals surface area contributed by atoms with Gasteiger partial charge in [0.05, 0.1) is 0 Å². The molecule has 0 radical (unpaired) electrons. The molecule has 0 bridgehead atoms. The lowest BCUT2D eigenvalue weighted by Gasteiger charge is -2.12. The van der Waals surface area contributed by atoms with Crippen LogP contribution in [-0.4, -0.2) is 60.8 Å².